The van der Waals surface area contributed by atoms with Gasteiger partial charge in [0.25, 0.3) is 5.56 Å². The summed E-state index contributed by atoms with van der Waals surface area (Å²) in [5.74, 6) is 0.706. The van der Waals surface area contributed by atoms with Crippen molar-refractivity contribution in [3.63, 3.8) is 0 Å². The number of aromatic nitrogens is 3. The van der Waals surface area contributed by atoms with E-state index in [1.54, 1.807) is 60.9 Å². The van der Waals surface area contributed by atoms with Gasteiger partial charge in [0.1, 0.15) is 11.3 Å². The number of fused-ring (bicyclic) bond motifs is 3. The van der Waals surface area contributed by atoms with Gasteiger partial charge < -0.3 is 4.74 Å². The lowest BCUT2D eigenvalue weighted by atomic mass is 10.1. The number of hydrogen-bond acceptors (Lipinski definition) is 5. The Balaban J connectivity index is 1.65. The molecule has 0 aliphatic heterocycles. The Morgan fingerprint density at radius 1 is 0.971 bits per heavy atom. The lowest BCUT2D eigenvalue weighted by Gasteiger charge is -2.18. The van der Waals surface area contributed by atoms with E-state index in [4.69, 9.17) is 4.74 Å². The molecule has 0 aliphatic rings. The summed E-state index contributed by atoms with van der Waals surface area (Å²) in [6, 6.07) is 21.4. The Bertz CT molecular complexity index is 1710. The van der Waals surface area contributed by atoms with E-state index in [-0.39, 0.29) is 17.0 Å². The van der Waals surface area contributed by atoms with Crippen LogP contribution in [0.15, 0.2) is 88.7 Å². The van der Waals surface area contributed by atoms with Gasteiger partial charge in [0.15, 0.2) is 0 Å². The predicted molar refractivity (Wildman–Crippen MR) is 135 cm³/mol. The van der Waals surface area contributed by atoms with Crippen molar-refractivity contribution in [1.82, 2.24) is 18.7 Å². The first kappa shape index (κ1) is 22.8. The van der Waals surface area contributed by atoms with E-state index >= 15 is 0 Å². The molecule has 0 radical (unpaired) electrons. The highest BCUT2D eigenvalue weighted by Crippen LogP contribution is 2.28. The van der Waals surface area contributed by atoms with Gasteiger partial charge in [0.2, 0.25) is 10.0 Å². The molecule has 0 N–H and O–H groups in total. The number of methoxy groups -OCH3 is 1. The van der Waals surface area contributed by atoms with Crippen molar-refractivity contribution in [1.29, 1.82) is 0 Å². The number of pyridine rings is 1. The Labute approximate surface area is 202 Å². The summed E-state index contributed by atoms with van der Waals surface area (Å²) < 4.78 is 36.6. The highest BCUT2D eigenvalue weighted by molar-refractivity contribution is 7.89. The van der Waals surface area contributed by atoms with Crippen molar-refractivity contribution in [2.45, 2.75) is 11.4 Å². The maximum Gasteiger partial charge on any atom is 0.266 e. The summed E-state index contributed by atoms with van der Waals surface area (Å²) in [6.07, 6.45) is 1.66. The lowest BCUT2D eigenvalue weighted by Crippen LogP contribution is -2.26. The molecule has 178 valence electrons. The smallest absolute Gasteiger partial charge is 0.266 e. The Morgan fingerprint density at radius 2 is 1.69 bits per heavy atom. The maximum atomic E-state index is 13.5. The minimum atomic E-state index is -3.81. The summed E-state index contributed by atoms with van der Waals surface area (Å²) in [7, 11) is 1.05. The van der Waals surface area contributed by atoms with Crippen molar-refractivity contribution in [2.24, 2.45) is 7.05 Å². The summed E-state index contributed by atoms with van der Waals surface area (Å²) >= 11 is 0. The molecule has 2 heterocycles. The van der Waals surface area contributed by atoms with Crippen LogP contribution in [0.2, 0.25) is 0 Å². The number of aryl methyl sites for hydroxylation is 1. The molecule has 0 fully saturated rings. The third-order valence-corrected chi connectivity index (χ3v) is 7.81. The molecule has 5 aromatic rings. The quantitative estimate of drug-likeness (QED) is 0.364. The first-order valence-corrected chi connectivity index (χ1v) is 12.4. The number of hydrogen-bond donors (Lipinski definition) is 0. The zero-order valence-electron chi connectivity index (χ0n) is 19.5. The largest absolute Gasteiger partial charge is 0.497 e. The standard InChI is InChI=1S/C26H24N4O4S/c1-28-17-23-25(27-28)22-15-21(13-14-24(22)30(26(23)31)19-7-5-4-6-8-19)35(32,33)29(2)16-18-9-11-20(34-3)12-10-18/h4-15,17H,16H2,1-3H3. The summed E-state index contributed by atoms with van der Waals surface area (Å²) in [5, 5.41) is 5.48. The van der Waals surface area contributed by atoms with Gasteiger partial charge in [-0.2, -0.15) is 9.40 Å². The molecule has 2 aromatic heterocycles. The number of sulfonamides is 1. The van der Waals surface area contributed by atoms with Crippen LogP contribution >= 0.6 is 0 Å². The van der Waals surface area contributed by atoms with Crippen LogP contribution in [0.5, 0.6) is 5.75 Å². The van der Waals surface area contributed by atoms with E-state index in [1.807, 2.05) is 42.5 Å². The van der Waals surface area contributed by atoms with E-state index in [2.05, 4.69) is 5.10 Å². The molecule has 8 nitrogen and oxygen atoms in total. The second-order valence-corrected chi connectivity index (χ2v) is 10.4. The molecule has 0 amide bonds. The van der Waals surface area contributed by atoms with Gasteiger partial charge in [0.05, 0.1) is 22.9 Å². The van der Waals surface area contributed by atoms with Gasteiger partial charge in [0, 0.05) is 37.9 Å². The van der Waals surface area contributed by atoms with Gasteiger partial charge >= 0.3 is 0 Å². The monoisotopic (exact) mass is 488 g/mol. The number of nitrogens with zero attached hydrogens (tertiary/aromatic N) is 4. The third-order valence-electron chi connectivity index (χ3n) is 6.01. The maximum absolute atomic E-state index is 13.5. The molecule has 0 spiro atoms. The number of rotatable bonds is 6. The van der Waals surface area contributed by atoms with Gasteiger partial charge in [-0.05, 0) is 48.0 Å². The minimum Gasteiger partial charge on any atom is -0.497 e. The van der Waals surface area contributed by atoms with Gasteiger partial charge in [-0.25, -0.2) is 8.42 Å². The lowest BCUT2D eigenvalue weighted by molar-refractivity contribution is 0.414. The van der Waals surface area contributed by atoms with Crippen molar-refractivity contribution in [2.75, 3.05) is 14.2 Å². The second kappa shape index (κ2) is 8.68. The average Bonchev–Trinajstić information content (AvgIpc) is 3.27. The fraction of sp³-hybridized carbons (Fsp3) is 0.154. The van der Waals surface area contributed by atoms with Crippen LogP contribution in [-0.4, -0.2) is 41.2 Å². The Kier molecular flexibility index (Phi) is 5.66. The average molecular weight is 489 g/mol. The minimum absolute atomic E-state index is 0.131. The van der Waals surface area contributed by atoms with Crippen LogP contribution < -0.4 is 10.3 Å². The first-order valence-electron chi connectivity index (χ1n) is 11.0. The second-order valence-electron chi connectivity index (χ2n) is 8.33. The zero-order chi connectivity index (χ0) is 24.7. The topological polar surface area (TPSA) is 86.4 Å². The molecule has 35 heavy (non-hydrogen) atoms. The van der Waals surface area contributed by atoms with Crippen molar-refractivity contribution in [3.8, 4) is 11.4 Å². The molecule has 3 aromatic carbocycles. The number of para-hydroxylation sites is 1. The van der Waals surface area contributed by atoms with E-state index in [0.717, 1.165) is 5.56 Å². The van der Waals surface area contributed by atoms with E-state index < -0.39 is 10.0 Å². The summed E-state index contributed by atoms with van der Waals surface area (Å²) in [6.45, 7) is 0.201. The van der Waals surface area contributed by atoms with Gasteiger partial charge in [-0.15, -0.1) is 0 Å². The normalized spacial score (nSPS) is 12.0. The highest BCUT2D eigenvalue weighted by atomic mass is 32.2. The summed E-state index contributed by atoms with van der Waals surface area (Å²) in [5.41, 5.74) is 2.38. The fourth-order valence-electron chi connectivity index (χ4n) is 4.22. The van der Waals surface area contributed by atoms with Crippen LogP contribution in [0.4, 0.5) is 0 Å². The van der Waals surface area contributed by atoms with Gasteiger partial charge in [-0.3, -0.25) is 14.0 Å². The molecule has 5 rings (SSSR count). The van der Waals surface area contributed by atoms with E-state index in [0.29, 0.717) is 33.2 Å². The number of ether oxygens (including phenoxy) is 1. The molecular formula is C26H24N4O4S. The zero-order valence-corrected chi connectivity index (χ0v) is 20.4. The first-order chi connectivity index (χ1) is 16.8. The predicted octanol–water partition coefficient (Wildman–Crippen LogP) is 3.71. The van der Waals surface area contributed by atoms with Crippen LogP contribution in [0.1, 0.15) is 5.56 Å². The highest BCUT2D eigenvalue weighted by Gasteiger charge is 2.23. The molecule has 0 atom stereocenters. The van der Waals surface area contributed by atoms with Crippen molar-refractivity contribution in [3.05, 3.63) is 94.9 Å². The summed E-state index contributed by atoms with van der Waals surface area (Å²) in [4.78, 5) is 13.5. The molecule has 0 bridgehead atoms. The van der Waals surface area contributed by atoms with Crippen LogP contribution in [0.25, 0.3) is 27.5 Å². The van der Waals surface area contributed by atoms with Crippen LogP contribution in [0, 0.1) is 0 Å². The van der Waals surface area contributed by atoms with E-state index in [9.17, 15) is 13.2 Å². The molecule has 0 saturated carbocycles. The Morgan fingerprint density at radius 3 is 2.37 bits per heavy atom. The SMILES string of the molecule is COc1ccc(CN(C)S(=O)(=O)c2ccc3c(c2)c2nn(C)cc2c(=O)n3-c2ccccc2)cc1. The van der Waals surface area contributed by atoms with Crippen LogP contribution in [-0.2, 0) is 23.6 Å². The molecule has 0 saturated heterocycles. The molecule has 0 aliphatic carbocycles. The fourth-order valence-corrected chi connectivity index (χ4v) is 5.41. The third kappa shape index (κ3) is 3.98. The van der Waals surface area contributed by atoms with Crippen molar-refractivity contribution >= 4 is 31.8 Å². The molecular weight excluding hydrogens is 464 g/mol. The van der Waals surface area contributed by atoms with Gasteiger partial charge in [-0.1, -0.05) is 30.3 Å². The van der Waals surface area contributed by atoms with E-state index in [1.165, 1.54) is 10.4 Å². The van der Waals surface area contributed by atoms with Crippen molar-refractivity contribution < 1.29 is 13.2 Å². The molecule has 9 heteroatoms. The molecule has 0 unspecified atom stereocenters. The number of benzene rings is 3. The van der Waals surface area contributed by atoms with Crippen LogP contribution in [0.3, 0.4) is 0 Å². The Hall–Kier alpha value is -3.95.